The minimum absolute atomic E-state index is 0.0656. The molecule has 0 N–H and O–H groups in total. The van der Waals surface area contributed by atoms with E-state index in [4.69, 9.17) is 16.3 Å². The SMILES string of the molecule is COc1cc(C(=O)c2ccc(Br)c(Cl)c2F)ccc1C. The Bertz CT molecular complexity index is 686. The number of benzene rings is 2. The van der Waals surface area contributed by atoms with Crippen LogP contribution in [0.1, 0.15) is 21.5 Å². The lowest BCUT2D eigenvalue weighted by atomic mass is 10.0. The third-order valence-electron chi connectivity index (χ3n) is 2.95. The molecule has 0 saturated carbocycles. The number of hydrogen-bond donors (Lipinski definition) is 0. The first-order valence-electron chi connectivity index (χ1n) is 5.78. The van der Waals surface area contributed by atoms with Gasteiger partial charge in [-0.1, -0.05) is 23.7 Å². The van der Waals surface area contributed by atoms with Crippen LogP contribution in [-0.4, -0.2) is 12.9 Å². The number of ether oxygens (including phenoxy) is 1. The molecular formula is C15H11BrClFO2. The van der Waals surface area contributed by atoms with E-state index in [9.17, 15) is 9.18 Å². The van der Waals surface area contributed by atoms with Crippen LogP contribution in [-0.2, 0) is 0 Å². The van der Waals surface area contributed by atoms with Gasteiger partial charge in [0.25, 0.3) is 0 Å². The van der Waals surface area contributed by atoms with Crippen molar-refractivity contribution in [3.8, 4) is 5.75 Å². The van der Waals surface area contributed by atoms with Crippen LogP contribution in [0.15, 0.2) is 34.8 Å². The number of halogens is 3. The van der Waals surface area contributed by atoms with Gasteiger partial charge in [0.15, 0.2) is 11.6 Å². The molecule has 0 unspecified atom stereocenters. The Morgan fingerprint density at radius 1 is 1.30 bits per heavy atom. The fraction of sp³-hybridized carbons (Fsp3) is 0.133. The van der Waals surface area contributed by atoms with Crippen molar-refractivity contribution in [3.63, 3.8) is 0 Å². The molecule has 104 valence electrons. The topological polar surface area (TPSA) is 26.3 Å². The van der Waals surface area contributed by atoms with Gasteiger partial charge in [-0.05, 0) is 46.6 Å². The van der Waals surface area contributed by atoms with E-state index in [0.717, 1.165) is 5.56 Å². The van der Waals surface area contributed by atoms with Crippen molar-refractivity contribution in [2.45, 2.75) is 6.92 Å². The Morgan fingerprint density at radius 3 is 2.65 bits per heavy atom. The van der Waals surface area contributed by atoms with Crippen molar-refractivity contribution >= 4 is 33.3 Å². The smallest absolute Gasteiger partial charge is 0.196 e. The molecule has 0 saturated heterocycles. The third kappa shape index (κ3) is 2.72. The normalized spacial score (nSPS) is 10.4. The van der Waals surface area contributed by atoms with Crippen molar-refractivity contribution in [2.24, 2.45) is 0 Å². The predicted molar refractivity (Wildman–Crippen MR) is 80.3 cm³/mol. The monoisotopic (exact) mass is 356 g/mol. The quantitative estimate of drug-likeness (QED) is 0.583. The molecule has 2 rings (SSSR count). The Morgan fingerprint density at radius 2 is 2.00 bits per heavy atom. The Labute approximate surface area is 129 Å². The second-order valence-corrected chi connectivity index (χ2v) is 5.47. The van der Waals surface area contributed by atoms with E-state index >= 15 is 0 Å². The van der Waals surface area contributed by atoms with Crippen LogP contribution in [0, 0.1) is 12.7 Å². The van der Waals surface area contributed by atoms with Crippen molar-refractivity contribution in [1.82, 2.24) is 0 Å². The molecule has 0 aromatic heterocycles. The van der Waals surface area contributed by atoms with Crippen molar-refractivity contribution in [3.05, 3.63) is 62.3 Å². The van der Waals surface area contributed by atoms with Crippen LogP contribution < -0.4 is 4.74 Å². The summed E-state index contributed by atoms with van der Waals surface area (Å²) >= 11 is 8.91. The molecule has 0 atom stereocenters. The fourth-order valence-corrected chi connectivity index (χ4v) is 2.29. The minimum atomic E-state index is -0.731. The van der Waals surface area contributed by atoms with Gasteiger partial charge in [-0.3, -0.25) is 4.79 Å². The van der Waals surface area contributed by atoms with Gasteiger partial charge in [-0.15, -0.1) is 0 Å². The summed E-state index contributed by atoms with van der Waals surface area (Å²) in [5.41, 5.74) is 1.19. The maximum absolute atomic E-state index is 14.0. The van der Waals surface area contributed by atoms with E-state index in [-0.39, 0.29) is 10.6 Å². The van der Waals surface area contributed by atoms with E-state index < -0.39 is 11.6 Å². The Balaban J connectivity index is 2.49. The summed E-state index contributed by atoms with van der Waals surface area (Å²) in [6.45, 7) is 1.87. The number of rotatable bonds is 3. The second-order valence-electron chi connectivity index (χ2n) is 4.24. The van der Waals surface area contributed by atoms with Gasteiger partial charge < -0.3 is 4.74 Å². The van der Waals surface area contributed by atoms with Crippen molar-refractivity contribution < 1.29 is 13.9 Å². The first-order chi connectivity index (χ1) is 9.45. The van der Waals surface area contributed by atoms with Gasteiger partial charge >= 0.3 is 0 Å². The molecule has 0 bridgehead atoms. The lowest BCUT2D eigenvalue weighted by molar-refractivity contribution is 0.103. The molecule has 0 amide bonds. The summed E-state index contributed by atoms with van der Waals surface area (Å²) in [5.74, 6) is -0.583. The summed E-state index contributed by atoms with van der Waals surface area (Å²) in [5, 5.41) is -0.102. The van der Waals surface area contributed by atoms with Crippen LogP contribution in [0.25, 0.3) is 0 Å². The molecular weight excluding hydrogens is 347 g/mol. The first-order valence-corrected chi connectivity index (χ1v) is 6.95. The molecule has 0 fully saturated rings. The number of carbonyl (C=O) groups excluding carboxylic acids is 1. The maximum atomic E-state index is 14.0. The van der Waals surface area contributed by atoms with Crippen molar-refractivity contribution in [2.75, 3.05) is 7.11 Å². The minimum Gasteiger partial charge on any atom is -0.496 e. The molecule has 0 radical (unpaired) electrons. The van der Waals surface area contributed by atoms with E-state index in [1.54, 1.807) is 24.3 Å². The van der Waals surface area contributed by atoms with Gasteiger partial charge in [0.2, 0.25) is 0 Å². The highest BCUT2D eigenvalue weighted by Crippen LogP contribution is 2.29. The van der Waals surface area contributed by atoms with Crippen molar-refractivity contribution in [1.29, 1.82) is 0 Å². The van der Waals surface area contributed by atoms with Crippen LogP contribution in [0.3, 0.4) is 0 Å². The highest BCUT2D eigenvalue weighted by atomic mass is 79.9. The zero-order valence-corrected chi connectivity index (χ0v) is 13.2. The third-order valence-corrected chi connectivity index (χ3v) is 4.21. The summed E-state index contributed by atoms with van der Waals surface area (Å²) in [6.07, 6.45) is 0. The number of ketones is 1. The van der Waals surface area contributed by atoms with Crippen LogP contribution in [0.4, 0.5) is 4.39 Å². The molecule has 2 aromatic carbocycles. The van der Waals surface area contributed by atoms with E-state index in [1.807, 2.05) is 6.92 Å². The van der Waals surface area contributed by atoms with Crippen LogP contribution in [0.5, 0.6) is 5.75 Å². The zero-order chi connectivity index (χ0) is 14.9. The molecule has 2 aromatic rings. The largest absolute Gasteiger partial charge is 0.496 e. The zero-order valence-electron chi connectivity index (χ0n) is 10.8. The summed E-state index contributed by atoms with van der Waals surface area (Å²) < 4.78 is 19.6. The molecule has 0 heterocycles. The summed E-state index contributed by atoms with van der Waals surface area (Å²) in [7, 11) is 1.52. The number of hydrogen-bond acceptors (Lipinski definition) is 2. The van der Waals surface area contributed by atoms with Crippen LogP contribution >= 0.6 is 27.5 Å². The number of aryl methyl sites for hydroxylation is 1. The molecule has 0 aliphatic heterocycles. The van der Waals surface area contributed by atoms with Gasteiger partial charge in [0, 0.05) is 10.0 Å². The number of methoxy groups -OCH3 is 1. The lowest BCUT2D eigenvalue weighted by Gasteiger charge is -2.09. The Hall–Kier alpha value is -1.39. The fourth-order valence-electron chi connectivity index (χ4n) is 1.82. The Kier molecular flexibility index (Phi) is 4.45. The van der Waals surface area contributed by atoms with Crippen LogP contribution in [0.2, 0.25) is 5.02 Å². The number of carbonyl (C=O) groups is 1. The maximum Gasteiger partial charge on any atom is 0.196 e. The average molecular weight is 358 g/mol. The van der Waals surface area contributed by atoms with E-state index in [0.29, 0.717) is 15.8 Å². The second kappa shape index (κ2) is 5.94. The first kappa shape index (κ1) is 15.0. The molecule has 2 nitrogen and oxygen atoms in total. The van der Waals surface area contributed by atoms with E-state index in [1.165, 1.54) is 13.2 Å². The highest BCUT2D eigenvalue weighted by molar-refractivity contribution is 9.10. The summed E-state index contributed by atoms with van der Waals surface area (Å²) in [4.78, 5) is 12.3. The van der Waals surface area contributed by atoms with Gasteiger partial charge in [-0.2, -0.15) is 0 Å². The van der Waals surface area contributed by atoms with Gasteiger partial charge in [-0.25, -0.2) is 4.39 Å². The van der Waals surface area contributed by atoms with Gasteiger partial charge in [0.05, 0.1) is 17.7 Å². The summed E-state index contributed by atoms with van der Waals surface area (Å²) in [6, 6.07) is 7.93. The molecule has 5 heteroatoms. The highest BCUT2D eigenvalue weighted by Gasteiger charge is 2.18. The lowest BCUT2D eigenvalue weighted by Crippen LogP contribution is -2.05. The predicted octanol–water partition coefficient (Wildman–Crippen LogP) is 4.79. The molecule has 0 spiro atoms. The molecule has 0 aliphatic rings. The molecule has 0 aliphatic carbocycles. The average Bonchev–Trinajstić information content (AvgIpc) is 2.45. The van der Waals surface area contributed by atoms with E-state index in [2.05, 4.69) is 15.9 Å². The van der Waals surface area contributed by atoms with Gasteiger partial charge in [0.1, 0.15) is 5.75 Å². The standard InChI is InChI=1S/C15H11BrClFO2/c1-8-3-4-9(7-12(8)20-2)15(19)10-5-6-11(16)13(17)14(10)18/h3-7H,1-2H3. The molecule has 20 heavy (non-hydrogen) atoms.